The van der Waals surface area contributed by atoms with Crippen molar-refractivity contribution in [1.82, 2.24) is 9.13 Å². The predicted octanol–water partition coefficient (Wildman–Crippen LogP) is 21.5. The second-order valence-corrected chi connectivity index (χ2v) is 21.8. The number of rotatable bonds is 8. The summed E-state index contributed by atoms with van der Waals surface area (Å²) in [5.41, 5.74) is 19.2. The van der Waals surface area contributed by atoms with Crippen molar-refractivity contribution in [1.29, 1.82) is 0 Å². The molecule has 0 amide bonds. The van der Waals surface area contributed by atoms with Crippen LogP contribution in [0.15, 0.2) is 276 Å². The molecule has 0 aliphatic carbocycles. The van der Waals surface area contributed by atoms with Crippen molar-refractivity contribution in [2.75, 3.05) is 9.80 Å². The van der Waals surface area contributed by atoms with Crippen molar-refractivity contribution in [3.63, 3.8) is 0 Å². The van der Waals surface area contributed by atoms with Gasteiger partial charge in [0.2, 0.25) is 0 Å². The fraction of sp³-hybridized carbons (Fsp3) is 0.0263. The van der Waals surface area contributed by atoms with E-state index in [9.17, 15) is 0 Å². The fourth-order valence-corrected chi connectivity index (χ4v) is 13.2. The van der Waals surface area contributed by atoms with E-state index in [1.807, 2.05) is 0 Å². The number of fused-ring (bicyclic) bond motifs is 14. The van der Waals surface area contributed by atoms with Crippen LogP contribution in [0.25, 0.3) is 120 Å². The Morgan fingerprint density at radius 2 is 0.610 bits per heavy atom. The van der Waals surface area contributed by atoms with Crippen LogP contribution in [0.5, 0.6) is 0 Å². The summed E-state index contributed by atoms with van der Waals surface area (Å²) < 4.78 is 18.5. The summed E-state index contributed by atoms with van der Waals surface area (Å²) in [6.45, 7) is 4.38. The van der Waals surface area contributed by atoms with Crippen molar-refractivity contribution in [2.45, 2.75) is 13.8 Å². The molecule has 0 N–H and O–H groups in total. The van der Waals surface area contributed by atoms with E-state index in [1.165, 1.54) is 43.7 Å². The number of hydrogen-bond acceptors (Lipinski definition) is 4. The topological polar surface area (TPSA) is 42.6 Å². The van der Waals surface area contributed by atoms with Gasteiger partial charge in [0.25, 0.3) is 0 Å². The molecule has 6 heteroatoms. The van der Waals surface area contributed by atoms with Crippen molar-refractivity contribution < 1.29 is 8.83 Å². The molecule has 0 spiro atoms. The summed E-state index contributed by atoms with van der Waals surface area (Å²) in [7, 11) is 0. The van der Waals surface area contributed by atoms with Gasteiger partial charge in [-0.3, -0.25) is 0 Å². The predicted molar refractivity (Wildman–Crippen MR) is 344 cm³/mol. The molecule has 386 valence electrons. The lowest BCUT2D eigenvalue weighted by molar-refractivity contribution is 0.664. The van der Waals surface area contributed by atoms with E-state index >= 15 is 0 Å². The molecule has 0 saturated carbocycles. The lowest BCUT2D eigenvalue weighted by atomic mass is 10.0. The molecule has 4 aromatic heterocycles. The first-order valence-corrected chi connectivity index (χ1v) is 28.0. The summed E-state index contributed by atoms with van der Waals surface area (Å²) in [5, 5.41) is 13.5. The van der Waals surface area contributed by atoms with Crippen molar-refractivity contribution in [3.05, 3.63) is 278 Å². The van der Waals surface area contributed by atoms with Crippen LogP contribution in [-0.2, 0) is 0 Å². The van der Waals surface area contributed by atoms with Crippen LogP contribution in [0.2, 0.25) is 0 Å². The van der Waals surface area contributed by atoms with Gasteiger partial charge in [-0.05, 0) is 180 Å². The maximum absolute atomic E-state index is 6.84. The Labute approximate surface area is 471 Å². The monoisotopic (exact) mass is 1050 g/mol. The van der Waals surface area contributed by atoms with E-state index in [4.69, 9.17) is 8.83 Å². The van der Waals surface area contributed by atoms with Gasteiger partial charge in [0.1, 0.15) is 22.3 Å². The zero-order valence-electron chi connectivity index (χ0n) is 45.0. The molecule has 0 unspecified atom stereocenters. The number of nitrogens with zero attached hydrogens (tertiary/aromatic N) is 4. The average molecular weight is 1050 g/mol. The quantitative estimate of drug-likeness (QED) is 0.152. The highest BCUT2D eigenvalue weighted by atomic mass is 16.3. The maximum atomic E-state index is 6.84. The average Bonchev–Trinajstić information content (AvgIpc) is 4.40. The van der Waals surface area contributed by atoms with Gasteiger partial charge < -0.3 is 27.8 Å². The largest absolute Gasteiger partial charge is 0.456 e. The molecule has 6 nitrogen and oxygen atoms in total. The SMILES string of the molecule is Cc1ccccc1N(c1ccc2cc3c(cc2c1)oc1cc2c(cc13)oc1cc3cc(N(c4ccc5c6ccccc6n(-c6ccccc6)c5c4)c4ccccc4C)ccc3cc12)c1ccc2c3ccccc3n(-c3ccccc3)c2c1. The van der Waals surface area contributed by atoms with Crippen LogP contribution >= 0.6 is 0 Å². The van der Waals surface area contributed by atoms with E-state index < -0.39 is 0 Å². The van der Waals surface area contributed by atoms with Gasteiger partial charge in [-0.2, -0.15) is 0 Å². The lowest BCUT2D eigenvalue weighted by Gasteiger charge is -2.27. The van der Waals surface area contributed by atoms with Crippen molar-refractivity contribution >= 4 is 143 Å². The second-order valence-electron chi connectivity index (χ2n) is 21.8. The molecule has 0 aliphatic rings. The Morgan fingerprint density at radius 3 is 1.06 bits per heavy atom. The minimum Gasteiger partial charge on any atom is -0.456 e. The number of hydrogen-bond donors (Lipinski definition) is 0. The number of anilines is 6. The summed E-state index contributed by atoms with van der Waals surface area (Å²) in [6, 6.07) is 96.7. The summed E-state index contributed by atoms with van der Waals surface area (Å²) >= 11 is 0. The van der Waals surface area contributed by atoms with Crippen LogP contribution in [0, 0.1) is 13.8 Å². The zero-order chi connectivity index (χ0) is 54.2. The van der Waals surface area contributed by atoms with Gasteiger partial charge in [0.15, 0.2) is 0 Å². The highest BCUT2D eigenvalue weighted by Crippen LogP contribution is 2.46. The van der Waals surface area contributed by atoms with E-state index in [-0.39, 0.29) is 0 Å². The normalized spacial score (nSPS) is 12.0. The summed E-state index contributed by atoms with van der Waals surface area (Å²) in [4.78, 5) is 4.78. The molecule has 17 rings (SSSR count). The molecule has 0 saturated heterocycles. The third-order valence-corrected chi connectivity index (χ3v) is 17.0. The molecule has 82 heavy (non-hydrogen) atoms. The minimum absolute atomic E-state index is 0.831. The molecule has 0 atom stereocenters. The molecule has 0 radical (unpaired) electrons. The maximum Gasteiger partial charge on any atom is 0.136 e. The van der Waals surface area contributed by atoms with E-state index in [0.29, 0.717) is 0 Å². The Morgan fingerprint density at radius 1 is 0.256 bits per heavy atom. The van der Waals surface area contributed by atoms with Crippen molar-refractivity contribution in [3.8, 4) is 11.4 Å². The first-order chi connectivity index (χ1) is 40.5. The Bertz CT molecular complexity index is 5110. The molecule has 0 bridgehead atoms. The second kappa shape index (κ2) is 17.8. The highest BCUT2D eigenvalue weighted by Gasteiger charge is 2.23. The number of furan rings is 2. The third-order valence-electron chi connectivity index (χ3n) is 17.0. The van der Waals surface area contributed by atoms with Crippen LogP contribution in [-0.4, -0.2) is 9.13 Å². The van der Waals surface area contributed by atoms with Gasteiger partial charge in [-0.15, -0.1) is 0 Å². The van der Waals surface area contributed by atoms with E-state index in [1.54, 1.807) is 0 Å². The summed E-state index contributed by atoms with van der Waals surface area (Å²) in [5.74, 6) is 0. The molecule has 4 heterocycles. The number of para-hydroxylation sites is 6. The number of aryl methyl sites for hydroxylation is 2. The van der Waals surface area contributed by atoms with Gasteiger partial charge >= 0.3 is 0 Å². The van der Waals surface area contributed by atoms with Crippen LogP contribution in [0.4, 0.5) is 34.1 Å². The van der Waals surface area contributed by atoms with Crippen LogP contribution in [0.3, 0.4) is 0 Å². The van der Waals surface area contributed by atoms with Gasteiger partial charge in [-0.25, -0.2) is 0 Å². The zero-order valence-corrected chi connectivity index (χ0v) is 45.0. The molecular weight excluding hydrogens is 1000 g/mol. The van der Waals surface area contributed by atoms with E-state index in [0.717, 1.165) is 122 Å². The van der Waals surface area contributed by atoms with Crippen molar-refractivity contribution in [2.24, 2.45) is 0 Å². The molecular formula is C76H50N4O2. The lowest BCUT2D eigenvalue weighted by Crippen LogP contribution is -2.11. The van der Waals surface area contributed by atoms with Crippen LogP contribution < -0.4 is 9.80 Å². The molecule has 13 aromatic carbocycles. The number of aromatic nitrogens is 2. The minimum atomic E-state index is 0.831. The Hall–Kier alpha value is -10.8. The molecule has 0 aliphatic heterocycles. The van der Waals surface area contributed by atoms with Gasteiger partial charge in [0.05, 0.1) is 22.1 Å². The fourth-order valence-electron chi connectivity index (χ4n) is 13.2. The summed E-state index contributed by atoms with van der Waals surface area (Å²) in [6.07, 6.45) is 0. The standard InChI is InChI=1S/C76H50N4O2/c1-47-17-9-13-25-67(47)77(57-33-35-61-59-23-11-15-27-69(59)79(71(61)43-57)53-19-5-3-6-20-53)55-31-29-49-39-63-65-45-76-66(46-75(65)81-73(63)41-51(49)37-55)64-40-50-30-32-56(38-52(50)42-74(64)82-76)78(68-26-14-10-18-48(68)2)58-34-36-62-60-24-12-16-28-70(60)80(72(62)44-58)54-21-7-4-8-22-54/h3-46H,1-2H3. The van der Waals surface area contributed by atoms with Crippen LogP contribution in [0.1, 0.15) is 11.1 Å². The van der Waals surface area contributed by atoms with E-state index in [2.05, 4.69) is 300 Å². The Kier molecular flexibility index (Phi) is 10.0. The molecule has 17 aromatic rings. The smallest absolute Gasteiger partial charge is 0.136 e. The first kappa shape index (κ1) is 46.1. The highest BCUT2D eigenvalue weighted by molar-refractivity contribution is 6.19. The third kappa shape index (κ3) is 7.08. The molecule has 0 fully saturated rings. The first-order valence-electron chi connectivity index (χ1n) is 28.0. The van der Waals surface area contributed by atoms with Gasteiger partial charge in [0, 0.05) is 88.6 Å². The Balaban J connectivity index is 0.761. The van der Waals surface area contributed by atoms with Gasteiger partial charge in [-0.1, -0.05) is 133 Å². The number of benzene rings is 13.